The summed E-state index contributed by atoms with van der Waals surface area (Å²) >= 11 is 0. The topological polar surface area (TPSA) is 53.6 Å². The number of rotatable bonds is 5. The van der Waals surface area contributed by atoms with Crippen LogP contribution in [0.1, 0.15) is 20.8 Å². The summed E-state index contributed by atoms with van der Waals surface area (Å²) in [7, 11) is 0. The first-order valence-electron chi connectivity index (χ1n) is 7.32. The Kier molecular flexibility index (Phi) is 9.12. The van der Waals surface area contributed by atoms with Gasteiger partial charge >= 0.3 is 0 Å². The Labute approximate surface area is 140 Å². The second-order valence-electron chi connectivity index (χ2n) is 6.35. The Morgan fingerprint density at radius 2 is 2.10 bits per heavy atom. The summed E-state index contributed by atoms with van der Waals surface area (Å²) in [6, 6.07) is 0. The van der Waals surface area contributed by atoms with Gasteiger partial charge in [0.1, 0.15) is 0 Å². The molecule has 1 unspecified atom stereocenters. The van der Waals surface area contributed by atoms with Crippen LogP contribution in [0.4, 0.5) is 0 Å². The second kappa shape index (κ2) is 9.16. The Hall–Kier alpha value is -0.0700. The molecule has 0 radical (unpaired) electrons. The lowest BCUT2D eigenvalue weighted by molar-refractivity contribution is -0.127. The smallest absolute Gasteiger partial charge is 0.223 e. The molecule has 2 aliphatic heterocycles. The van der Waals surface area contributed by atoms with Crippen LogP contribution in [0.2, 0.25) is 0 Å². The molecule has 7 heteroatoms. The van der Waals surface area contributed by atoms with Gasteiger partial charge in [-0.05, 0) is 32.9 Å². The largest absolute Gasteiger partial charge is 0.378 e. The average Bonchev–Trinajstić information content (AvgIpc) is 2.28. The van der Waals surface area contributed by atoms with Gasteiger partial charge in [-0.25, -0.2) is 0 Å². The van der Waals surface area contributed by atoms with E-state index in [2.05, 4.69) is 29.4 Å². The number of hydrogen-bond acceptors (Lipinski definition) is 4. The fourth-order valence-corrected chi connectivity index (χ4v) is 2.66. The molecule has 0 bridgehead atoms. The quantitative estimate of drug-likeness (QED) is 0.780. The summed E-state index contributed by atoms with van der Waals surface area (Å²) in [6.07, 6.45) is 0. The molecule has 2 aliphatic rings. The first-order chi connectivity index (χ1) is 9.00. The van der Waals surface area contributed by atoms with Gasteiger partial charge < -0.3 is 15.4 Å². The van der Waals surface area contributed by atoms with Gasteiger partial charge in [0.05, 0.1) is 13.2 Å². The van der Waals surface area contributed by atoms with E-state index in [1.807, 2.05) is 6.92 Å². The second-order valence-corrected chi connectivity index (χ2v) is 6.35. The Bertz CT molecular complexity index is 325. The number of nitrogens with one attached hydrogen (secondary N) is 2. The number of hydrogen-bond donors (Lipinski definition) is 2. The fourth-order valence-electron chi connectivity index (χ4n) is 2.66. The maximum Gasteiger partial charge on any atom is 0.223 e. The van der Waals surface area contributed by atoms with E-state index in [1.165, 1.54) is 0 Å². The van der Waals surface area contributed by atoms with E-state index < -0.39 is 0 Å². The van der Waals surface area contributed by atoms with Crippen LogP contribution in [0.3, 0.4) is 0 Å². The van der Waals surface area contributed by atoms with Gasteiger partial charge in [-0.1, -0.05) is 6.92 Å². The summed E-state index contributed by atoms with van der Waals surface area (Å²) in [5.41, 5.74) is 0.0759. The molecule has 2 N–H and O–H groups in total. The van der Waals surface area contributed by atoms with Gasteiger partial charge in [0.2, 0.25) is 5.91 Å². The lowest BCUT2D eigenvalue weighted by atomic mass is 9.88. The molecular weight excluding hydrogens is 313 g/mol. The van der Waals surface area contributed by atoms with E-state index in [0.717, 1.165) is 45.9 Å². The molecule has 1 atom stereocenters. The molecule has 0 aliphatic carbocycles. The zero-order valence-electron chi connectivity index (χ0n) is 13.2. The minimum absolute atomic E-state index is 0. The predicted molar refractivity (Wildman–Crippen MR) is 89.5 cm³/mol. The zero-order chi connectivity index (χ0) is 13.9. The van der Waals surface area contributed by atoms with Crippen molar-refractivity contribution in [1.82, 2.24) is 15.5 Å². The summed E-state index contributed by atoms with van der Waals surface area (Å²) in [4.78, 5) is 14.4. The highest BCUT2D eigenvalue weighted by Gasteiger charge is 2.31. The number of halogens is 2. The molecule has 21 heavy (non-hydrogen) atoms. The Balaban J connectivity index is 0.00000200. The van der Waals surface area contributed by atoms with Crippen molar-refractivity contribution in [3.05, 3.63) is 0 Å². The van der Waals surface area contributed by atoms with Crippen LogP contribution in [-0.2, 0) is 9.53 Å². The van der Waals surface area contributed by atoms with Crippen LogP contribution >= 0.6 is 24.8 Å². The first kappa shape index (κ1) is 20.9. The van der Waals surface area contributed by atoms with Gasteiger partial charge in [0.15, 0.2) is 0 Å². The molecule has 2 fully saturated rings. The van der Waals surface area contributed by atoms with Crippen molar-refractivity contribution >= 4 is 30.7 Å². The lowest BCUT2D eigenvalue weighted by Gasteiger charge is -2.42. The van der Waals surface area contributed by atoms with Gasteiger partial charge in [-0.3, -0.25) is 9.69 Å². The predicted octanol–water partition coefficient (Wildman–Crippen LogP) is 0.912. The molecule has 2 heterocycles. The van der Waals surface area contributed by atoms with Crippen molar-refractivity contribution in [2.75, 3.05) is 45.9 Å². The molecule has 0 saturated carbocycles. The lowest BCUT2D eigenvalue weighted by Crippen LogP contribution is -2.55. The number of amides is 1. The Morgan fingerprint density at radius 1 is 1.43 bits per heavy atom. The third-order valence-corrected chi connectivity index (χ3v) is 4.43. The first-order valence-corrected chi connectivity index (χ1v) is 7.32. The maximum atomic E-state index is 12.0. The third-order valence-electron chi connectivity index (χ3n) is 4.43. The van der Waals surface area contributed by atoms with Crippen molar-refractivity contribution in [2.45, 2.75) is 26.3 Å². The highest BCUT2D eigenvalue weighted by Crippen LogP contribution is 2.18. The van der Waals surface area contributed by atoms with E-state index in [1.54, 1.807) is 0 Å². The molecule has 5 nitrogen and oxygen atoms in total. The number of ether oxygens (including phenoxy) is 1. The molecule has 1 amide bonds. The monoisotopic (exact) mass is 341 g/mol. The van der Waals surface area contributed by atoms with Crippen LogP contribution in [0.15, 0.2) is 0 Å². The van der Waals surface area contributed by atoms with E-state index in [-0.39, 0.29) is 42.2 Å². The minimum Gasteiger partial charge on any atom is -0.378 e. The number of carbonyl (C=O) groups excluding carboxylic acids is 1. The SMILES string of the molecule is CC(C(=O)NCCN1CCOCC1(C)C)C1CNC1.Cl.Cl. The Morgan fingerprint density at radius 3 is 2.62 bits per heavy atom. The van der Waals surface area contributed by atoms with E-state index in [9.17, 15) is 4.79 Å². The summed E-state index contributed by atoms with van der Waals surface area (Å²) in [5.74, 6) is 0.830. The third kappa shape index (κ3) is 5.57. The summed E-state index contributed by atoms with van der Waals surface area (Å²) in [5, 5.41) is 6.28. The molecule has 0 aromatic heterocycles. The standard InChI is InChI=1S/C14H27N3O2.2ClH/c1-11(12-8-15-9-12)13(18)16-4-5-17-6-7-19-10-14(17,2)3;;/h11-12,15H,4-10H2,1-3H3,(H,16,18);2*1H. The highest BCUT2D eigenvalue weighted by molar-refractivity contribution is 5.85. The van der Waals surface area contributed by atoms with Gasteiger partial charge in [0.25, 0.3) is 0 Å². The van der Waals surface area contributed by atoms with Crippen molar-refractivity contribution in [2.24, 2.45) is 11.8 Å². The van der Waals surface area contributed by atoms with Crippen LogP contribution in [0.5, 0.6) is 0 Å². The molecule has 2 saturated heterocycles. The van der Waals surface area contributed by atoms with Crippen LogP contribution in [0.25, 0.3) is 0 Å². The summed E-state index contributed by atoms with van der Waals surface area (Å²) < 4.78 is 5.50. The highest BCUT2D eigenvalue weighted by atomic mass is 35.5. The van der Waals surface area contributed by atoms with Gasteiger partial charge in [-0.2, -0.15) is 0 Å². The van der Waals surface area contributed by atoms with Crippen molar-refractivity contribution in [1.29, 1.82) is 0 Å². The van der Waals surface area contributed by atoms with Crippen LogP contribution in [0, 0.1) is 11.8 Å². The van der Waals surface area contributed by atoms with Crippen LogP contribution < -0.4 is 10.6 Å². The molecule has 0 aromatic carbocycles. The van der Waals surface area contributed by atoms with Gasteiger partial charge in [0, 0.05) is 31.1 Å². The van der Waals surface area contributed by atoms with Crippen molar-refractivity contribution in [3.63, 3.8) is 0 Å². The normalized spacial score (nSPS) is 23.2. The number of morpholine rings is 1. The fraction of sp³-hybridized carbons (Fsp3) is 0.929. The molecule has 0 aromatic rings. The van der Waals surface area contributed by atoms with E-state index >= 15 is 0 Å². The maximum absolute atomic E-state index is 12.0. The molecule has 0 spiro atoms. The minimum atomic E-state index is 0. The zero-order valence-corrected chi connectivity index (χ0v) is 14.8. The molecular formula is C14H29Cl2N3O2. The van der Waals surface area contributed by atoms with E-state index in [0.29, 0.717) is 5.92 Å². The molecule has 2 rings (SSSR count). The van der Waals surface area contributed by atoms with Gasteiger partial charge in [-0.15, -0.1) is 24.8 Å². The van der Waals surface area contributed by atoms with E-state index in [4.69, 9.17) is 4.74 Å². The number of carbonyl (C=O) groups is 1. The van der Waals surface area contributed by atoms with Crippen molar-refractivity contribution in [3.8, 4) is 0 Å². The molecule has 126 valence electrons. The average molecular weight is 342 g/mol. The number of nitrogens with zero attached hydrogens (tertiary/aromatic N) is 1. The summed E-state index contributed by atoms with van der Waals surface area (Å²) in [6.45, 7) is 12.5. The van der Waals surface area contributed by atoms with Crippen molar-refractivity contribution < 1.29 is 9.53 Å². The van der Waals surface area contributed by atoms with Crippen LogP contribution in [-0.4, -0.2) is 62.3 Å².